The number of nitrogens with zero attached hydrogens (tertiary/aromatic N) is 4. The Hall–Kier alpha value is -5.62. The zero-order valence-electron chi connectivity index (χ0n) is 34.2. The second-order valence-electron chi connectivity index (χ2n) is 15.1. The number of para-hydroxylation sites is 6. The highest BCUT2D eigenvalue weighted by atomic mass is 79.9. The zero-order valence-corrected chi connectivity index (χ0v) is 36.5. The Balaban J connectivity index is 0.000000223. The predicted octanol–water partition coefficient (Wildman–Crippen LogP) is 2.18. The van der Waals surface area contributed by atoms with E-state index in [-0.39, 0.29) is 35.5 Å². The molecule has 0 spiro atoms. The number of aryl methyl sites for hydroxylation is 2. The minimum Gasteiger partial charge on any atom is -1.00 e. The van der Waals surface area contributed by atoms with E-state index in [2.05, 4.69) is 109 Å². The van der Waals surface area contributed by atoms with E-state index in [1.807, 2.05) is 83.4 Å². The van der Waals surface area contributed by atoms with Crippen molar-refractivity contribution in [2.75, 3.05) is 37.0 Å². The van der Waals surface area contributed by atoms with Gasteiger partial charge in [-0.25, -0.2) is 4.79 Å². The Morgan fingerprint density at radius 2 is 1.14 bits per heavy atom. The number of nitrogens with one attached hydrogen (secondary N) is 1. The molecule has 308 valence electrons. The van der Waals surface area contributed by atoms with Crippen LogP contribution in [0.4, 0.5) is 16.2 Å². The molecule has 0 fully saturated rings. The average Bonchev–Trinajstić information content (AvgIpc) is 3.70. The van der Waals surface area contributed by atoms with Gasteiger partial charge in [-0.3, -0.25) is 0 Å². The lowest BCUT2D eigenvalue weighted by Gasteiger charge is -2.19. The molecular weight excluding hydrogens is 828 g/mol. The SMILES string of the molecule is CN1/C(=C\c2cc[n+](CCCN)c3ccccc23)Oc2ccccc21.CN1/C(=C\c2cc[n+](CCCNC(=O)OC(C)(C)C)c3ccccc23)Oc2ccccc21.[Br-].[Cl-]. The van der Waals surface area contributed by atoms with Crippen LogP contribution in [0.25, 0.3) is 34.0 Å². The van der Waals surface area contributed by atoms with Gasteiger partial charge in [0.2, 0.25) is 22.8 Å². The molecule has 2 aliphatic heterocycles. The van der Waals surface area contributed by atoms with Crippen molar-refractivity contribution in [1.82, 2.24) is 5.32 Å². The van der Waals surface area contributed by atoms with Gasteiger partial charge in [0, 0.05) is 69.9 Å². The number of anilines is 2. The van der Waals surface area contributed by atoms with E-state index in [4.69, 9.17) is 19.9 Å². The summed E-state index contributed by atoms with van der Waals surface area (Å²) >= 11 is 0. The summed E-state index contributed by atoms with van der Waals surface area (Å²) in [5, 5.41) is 5.18. The summed E-state index contributed by atoms with van der Waals surface area (Å²) in [6, 6.07) is 37.2. The summed E-state index contributed by atoms with van der Waals surface area (Å²) in [5.41, 5.74) is 11.9. The molecule has 0 saturated heterocycles. The molecule has 59 heavy (non-hydrogen) atoms. The monoisotopic (exact) mass is 878 g/mol. The Morgan fingerprint density at radius 1 is 0.695 bits per heavy atom. The summed E-state index contributed by atoms with van der Waals surface area (Å²) in [6.45, 7) is 8.54. The molecule has 0 saturated carbocycles. The molecule has 8 rings (SSSR count). The number of fused-ring (bicyclic) bond motifs is 4. The fourth-order valence-corrected chi connectivity index (χ4v) is 7.03. The van der Waals surface area contributed by atoms with Crippen LogP contribution in [0.15, 0.2) is 133 Å². The van der Waals surface area contributed by atoms with Crippen molar-refractivity contribution in [3.8, 4) is 11.5 Å². The number of ether oxygens (including phenoxy) is 3. The third-order valence-electron chi connectivity index (χ3n) is 9.87. The standard InChI is InChI=1S/C26H29N3O3.C21H22N3O.BrH.ClH/c1-26(2,3)32-25(30)27-15-9-16-29-17-14-19(20-10-5-6-11-21(20)29)18-24-28(4)22-12-7-8-13-23(22)31-24;1-23-19-9-4-5-10-20(19)25-21(23)15-16-11-14-24(13-6-12-22)18-8-3-2-7-17(16)18;;/h5-8,10-14,17-18H,9,15-16H2,1-4H3;2-5,7-11,14-15H,6,12-13,22H2,1H3;2*1H/q;+1;;/p-1. The highest BCUT2D eigenvalue weighted by Crippen LogP contribution is 2.39. The fraction of sp³-hybridized carbons (Fsp3) is 0.255. The van der Waals surface area contributed by atoms with Crippen LogP contribution in [0.3, 0.4) is 0 Å². The third-order valence-corrected chi connectivity index (χ3v) is 9.87. The molecule has 0 unspecified atom stereocenters. The molecular formula is C47H52BrClN6O4. The van der Waals surface area contributed by atoms with Crippen molar-refractivity contribution in [2.45, 2.75) is 52.3 Å². The van der Waals surface area contributed by atoms with Crippen molar-refractivity contribution < 1.29 is 57.5 Å². The fourth-order valence-electron chi connectivity index (χ4n) is 7.03. The molecule has 0 aliphatic carbocycles. The van der Waals surface area contributed by atoms with Crippen molar-refractivity contribution in [1.29, 1.82) is 0 Å². The second kappa shape index (κ2) is 19.9. The smallest absolute Gasteiger partial charge is 0.407 e. The largest absolute Gasteiger partial charge is 1.00 e. The number of hydrogen-bond acceptors (Lipinski definition) is 7. The molecule has 3 N–H and O–H groups in total. The molecule has 10 nitrogen and oxygen atoms in total. The van der Waals surface area contributed by atoms with E-state index in [1.54, 1.807) is 0 Å². The third kappa shape index (κ3) is 10.5. The predicted molar refractivity (Wildman–Crippen MR) is 228 cm³/mol. The Bertz CT molecular complexity index is 2470. The van der Waals surface area contributed by atoms with E-state index in [0.717, 1.165) is 82.6 Å². The highest BCUT2D eigenvalue weighted by molar-refractivity contribution is 5.88. The summed E-state index contributed by atoms with van der Waals surface area (Å²) in [6.07, 6.45) is 9.80. The van der Waals surface area contributed by atoms with Gasteiger partial charge in [-0.1, -0.05) is 48.5 Å². The molecule has 2 aromatic heterocycles. The van der Waals surface area contributed by atoms with Gasteiger partial charge >= 0.3 is 6.09 Å². The van der Waals surface area contributed by atoms with E-state index in [1.165, 1.54) is 10.9 Å². The maximum Gasteiger partial charge on any atom is 0.407 e. The van der Waals surface area contributed by atoms with E-state index < -0.39 is 5.60 Å². The van der Waals surface area contributed by atoms with E-state index in [0.29, 0.717) is 13.1 Å². The molecule has 0 radical (unpaired) electrons. The number of pyridine rings is 2. The minimum absolute atomic E-state index is 0. The normalized spacial score (nSPS) is 14.1. The first-order valence-electron chi connectivity index (χ1n) is 19.5. The molecule has 12 heteroatoms. The van der Waals surface area contributed by atoms with Crippen molar-refractivity contribution in [3.05, 3.63) is 144 Å². The number of rotatable bonds is 9. The molecule has 1 amide bonds. The van der Waals surface area contributed by atoms with Crippen LogP contribution in [-0.4, -0.2) is 38.9 Å². The number of aromatic nitrogens is 2. The second-order valence-corrected chi connectivity index (χ2v) is 15.1. The van der Waals surface area contributed by atoms with Gasteiger partial charge in [-0.2, -0.15) is 9.13 Å². The molecule has 4 heterocycles. The number of carbonyl (C=O) groups excluding carboxylic acids is 1. The first-order valence-corrected chi connectivity index (χ1v) is 19.5. The molecule has 0 atom stereocenters. The van der Waals surface area contributed by atoms with Gasteiger partial charge in [0.15, 0.2) is 30.4 Å². The van der Waals surface area contributed by atoms with Crippen LogP contribution in [0.2, 0.25) is 0 Å². The quantitative estimate of drug-likeness (QED) is 0.170. The molecule has 2 aliphatic rings. The Kier molecular flexibility index (Phi) is 15.0. The summed E-state index contributed by atoms with van der Waals surface area (Å²) in [4.78, 5) is 16.0. The van der Waals surface area contributed by atoms with Crippen LogP contribution in [0, 0.1) is 0 Å². The zero-order chi connectivity index (χ0) is 39.9. The highest BCUT2D eigenvalue weighted by Gasteiger charge is 2.25. The number of amides is 1. The Labute approximate surface area is 363 Å². The molecule has 0 bridgehead atoms. The lowest BCUT2D eigenvalue weighted by molar-refractivity contribution is -0.671. The average molecular weight is 880 g/mol. The number of nitrogens with two attached hydrogens (primary N) is 1. The molecule has 4 aromatic carbocycles. The van der Waals surface area contributed by atoms with Crippen molar-refractivity contribution in [2.24, 2.45) is 5.73 Å². The van der Waals surface area contributed by atoms with Crippen LogP contribution in [0.1, 0.15) is 44.7 Å². The van der Waals surface area contributed by atoms with Crippen LogP contribution >= 0.6 is 0 Å². The van der Waals surface area contributed by atoms with E-state index in [9.17, 15) is 4.79 Å². The lowest BCUT2D eigenvalue weighted by atomic mass is 10.1. The number of alkyl carbamates (subject to hydrolysis) is 1. The molecule has 6 aromatic rings. The van der Waals surface area contributed by atoms with Gasteiger partial charge in [-0.05, 0) is 74.8 Å². The van der Waals surface area contributed by atoms with E-state index >= 15 is 0 Å². The van der Waals surface area contributed by atoms with Crippen molar-refractivity contribution in [3.63, 3.8) is 0 Å². The first kappa shape index (κ1) is 44.5. The summed E-state index contributed by atoms with van der Waals surface area (Å²) < 4.78 is 21.9. The minimum atomic E-state index is -0.488. The Morgan fingerprint density at radius 3 is 1.59 bits per heavy atom. The van der Waals surface area contributed by atoms with Gasteiger partial charge in [0.05, 0.1) is 22.1 Å². The lowest BCUT2D eigenvalue weighted by Crippen LogP contribution is -3.00. The van der Waals surface area contributed by atoms with Crippen LogP contribution in [0.5, 0.6) is 11.5 Å². The number of hydrogen-bond donors (Lipinski definition) is 2. The summed E-state index contributed by atoms with van der Waals surface area (Å²) in [5.74, 6) is 3.41. The maximum absolute atomic E-state index is 11.8. The van der Waals surface area contributed by atoms with Crippen molar-refractivity contribution >= 4 is 51.4 Å². The van der Waals surface area contributed by atoms with Gasteiger partial charge in [0.1, 0.15) is 12.1 Å². The van der Waals surface area contributed by atoms with Gasteiger partial charge in [-0.15, -0.1) is 0 Å². The topological polar surface area (TPSA) is 97.1 Å². The number of benzene rings is 4. The maximum atomic E-state index is 11.8. The van der Waals surface area contributed by atoms with Gasteiger partial charge in [0.25, 0.3) is 0 Å². The van der Waals surface area contributed by atoms with Crippen LogP contribution in [-0.2, 0) is 17.8 Å². The summed E-state index contributed by atoms with van der Waals surface area (Å²) in [7, 11) is 4.05. The number of carbonyl (C=O) groups is 1. The first-order chi connectivity index (χ1) is 27.6. The van der Waals surface area contributed by atoms with Crippen LogP contribution < -0.4 is 68.8 Å². The van der Waals surface area contributed by atoms with Gasteiger partial charge < -0.3 is 64.4 Å². The number of halogens is 2.